The number of nitrogens with zero attached hydrogens (tertiary/aromatic N) is 2. The van der Waals surface area contributed by atoms with E-state index in [1.54, 1.807) is 0 Å². The SMILES string of the molecule is NS(=O)(=O)c1ncc(Br)cc1[N+](=O)[O-]. The summed E-state index contributed by atoms with van der Waals surface area (Å²) in [5.41, 5.74) is -0.651. The number of primary sulfonamides is 1. The van der Waals surface area contributed by atoms with E-state index in [9.17, 15) is 18.5 Å². The second-order valence-corrected chi connectivity index (χ2v) is 4.67. The highest BCUT2D eigenvalue weighted by Gasteiger charge is 2.24. The van der Waals surface area contributed by atoms with Crippen molar-refractivity contribution in [3.63, 3.8) is 0 Å². The van der Waals surface area contributed by atoms with Gasteiger partial charge < -0.3 is 0 Å². The van der Waals surface area contributed by atoms with E-state index < -0.39 is 25.7 Å². The van der Waals surface area contributed by atoms with Crippen LogP contribution in [-0.2, 0) is 10.0 Å². The Balaban J connectivity index is 3.53. The zero-order chi connectivity index (χ0) is 10.9. The molecule has 0 aliphatic heterocycles. The molecule has 0 bridgehead atoms. The Kier molecular flexibility index (Phi) is 2.83. The molecule has 14 heavy (non-hydrogen) atoms. The van der Waals surface area contributed by atoms with Gasteiger partial charge in [-0.2, -0.15) is 0 Å². The summed E-state index contributed by atoms with van der Waals surface area (Å²) in [4.78, 5) is 13.0. The van der Waals surface area contributed by atoms with Gasteiger partial charge in [-0.25, -0.2) is 18.5 Å². The van der Waals surface area contributed by atoms with E-state index in [1.807, 2.05) is 0 Å². The summed E-state index contributed by atoms with van der Waals surface area (Å²) < 4.78 is 22.0. The van der Waals surface area contributed by atoms with Crippen LogP contribution < -0.4 is 5.14 Å². The minimum absolute atomic E-state index is 0.302. The smallest absolute Gasteiger partial charge is 0.258 e. The molecule has 0 aromatic carbocycles. The van der Waals surface area contributed by atoms with E-state index in [2.05, 4.69) is 20.9 Å². The van der Waals surface area contributed by atoms with Crippen LogP contribution in [0.3, 0.4) is 0 Å². The number of aromatic nitrogens is 1. The normalized spacial score (nSPS) is 11.3. The van der Waals surface area contributed by atoms with E-state index in [1.165, 1.54) is 0 Å². The molecule has 2 N–H and O–H groups in total. The quantitative estimate of drug-likeness (QED) is 0.622. The maximum Gasteiger partial charge on any atom is 0.309 e. The van der Waals surface area contributed by atoms with Crippen LogP contribution in [0.5, 0.6) is 0 Å². The molecule has 0 fully saturated rings. The Morgan fingerprint density at radius 2 is 2.14 bits per heavy atom. The van der Waals surface area contributed by atoms with Gasteiger partial charge in [0, 0.05) is 16.7 Å². The van der Waals surface area contributed by atoms with Gasteiger partial charge in [0.25, 0.3) is 10.0 Å². The maximum atomic E-state index is 10.9. The van der Waals surface area contributed by atoms with Crippen molar-refractivity contribution in [2.45, 2.75) is 5.03 Å². The standard InChI is InChI=1S/C5H4BrN3O4S/c6-3-1-4(9(10)11)5(8-2-3)14(7,12)13/h1-2H,(H2,7,12,13). The average molecular weight is 282 g/mol. The van der Waals surface area contributed by atoms with Gasteiger partial charge in [0.2, 0.25) is 5.03 Å². The number of halogens is 1. The lowest BCUT2D eigenvalue weighted by molar-refractivity contribution is -0.388. The third-order valence-electron chi connectivity index (χ3n) is 1.27. The first-order valence-electron chi connectivity index (χ1n) is 3.15. The molecule has 76 valence electrons. The average Bonchev–Trinajstić information content (AvgIpc) is 2.01. The summed E-state index contributed by atoms with van der Waals surface area (Å²) >= 11 is 2.93. The maximum absolute atomic E-state index is 10.9. The van der Waals surface area contributed by atoms with Gasteiger partial charge in [0.1, 0.15) is 0 Å². The van der Waals surface area contributed by atoms with Gasteiger partial charge >= 0.3 is 5.69 Å². The van der Waals surface area contributed by atoms with Crippen molar-refractivity contribution in [3.8, 4) is 0 Å². The largest absolute Gasteiger partial charge is 0.309 e. The summed E-state index contributed by atoms with van der Waals surface area (Å²) in [5, 5.41) is 14.4. The summed E-state index contributed by atoms with van der Waals surface area (Å²) in [5.74, 6) is 0. The van der Waals surface area contributed by atoms with Crippen LogP contribution in [0.25, 0.3) is 0 Å². The van der Waals surface area contributed by atoms with Crippen molar-refractivity contribution < 1.29 is 13.3 Å². The van der Waals surface area contributed by atoms with Crippen molar-refractivity contribution in [3.05, 3.63) is 26.9 Å². The molecule has 9 heteroatoms. The van der Waals surface area contributed by atoms with Crippen LogP contribution >= 0.6 is 15.9 Å². The van der Waals surface area contributed by atoms with Gasteiger partial charge in [-0.15, -0.1) is 0 Å². The van der Waals surface area contributed by atoms with Gasteiger partial charge in [-0.3, -0.25) is 10.1 Å². The lowest BCUT2D eigenvalue weighted by Gasteiger charge is -1.98. The molecule has 0 saturated carbocycles. The van der Waals surface area contributed by atoms with E-state index in [-0.39, 0.29) is 0 Å². The summed E-state index contributed by atoms with van der Waals surface area (Å²) in [7, 11) is -4.17. The van der Waals surface area contributed by atoms with Crippen LogP contribution in [0, 0.1) is 10.1 Å². The highest BCUT2D eigenvalue weighted by molar-refractivity contribution is 9.10. The number of hydrogen-bond acceptors (Lipinski definition) is 5. The van der Waals surface area contributed by atoms with Crippen molar-refractivity contribution >= 4 is 31.6 Å². The van der Waals surface area contributed by atoms with Crippen LogP contribution in [0.1, 0.15) is 0 Å². The first-order valence-corrected chi connectivity index (χ1v) is 5.49. The van der Waals surface area contributed by atoms with Gasteiger partial charge in [0.15, 0.2) is 0 Å². The first kappa shape index (κ1) is 11.0. The molecule has 0 saturated heterocycles. The Morgan fingerprint density at radius 1 is 1.57 bits per heavy atom. The highest BCUT2D eigenvalue weighted by Crippen LogP contribution is 2.23. The second kappa shape index (κ2) is 3.59. The monoisotopic (exact) mass is 281 g/mol. The molecule has 0 unspecified atom stereocenters. The molecule has 0 aliphatic carbocycles. The molecule has 7 nitrogen and oxygen atoms in total. The topological polar surface area (TPSA) is 116 Å². The molecule has 0 spiro atoms. The van der Waals surface area contributed by atoms with Crippen molar-refractivity contribution in [1.29, 1.82) is 0 Å². The minimum Gasteiger partial charge on any atom is -0.258 e. The Bertz CT molecular complexity index is 486. The van der Waals surface area contributed by atoms with Crippen LogP contribution in [0.4, 0.5) is 5.69 Å². The molecular weight excluding hydrogens is 278 g/mol. The predicted octanol–water partition coefficient (Wildman–Crippen LogP) is 0.400. The van der Waals surface area contributed by atoms with Crippen LogP contribution in [0.15, 0.2) is 21.8 Å². The number of hydrogen-bond donors (Lipinski definition) is 1. The number of rotatable bonds is 2. The Morgan fingerprint density at radius 3 is 2.57 bits per heavy atom. The molecule has 0 amide bonds. The first-order chi connectivity index (χ1) is 6.32. The van der Waals surface area contributed by atoms with Crippen molar-refractivity contribution in [1.82, 2.24) is 4.98 Å². The number of sulfonamides is 1. The van der Waals surface area contributed by atoms with Gasteiger partial charge in [-0.05, 0) is 15.9 Å². The van der Waals surface area contributed by atoms with E-state index in [0.29, 0.717) is 4.47 Å². The van der Waals surface area contributed by atoms with Gasteiger partial charge in [0.05, 0.1) is 4.92 Å². The summed E-state index contributed by atoms with van der Waals surface area (Å²) in [6, 6.07) is 1.02. The fraction of sp³-hybridized carbons (Fsp3) is 0. The van der Waals surface area contributed by atoms with E-state index >= 15 is 0 Å². The minimum atomic E-state index is -4.17. The lowest BCUT2D eigenvalue weighted by atomic mass is 10.4. The van der Waals surface area contributed by atoms with Gasteiger partial charge in [-0.1, -0.05) is 0 Å². The molecule has 1 aromatic rings. The van der Waals surface area contributed by atoms with Crippen molar-refractivity contribution in [2.24, 2.45) is 5.14 Å². The zero-order valence-electron chi connectivity index (χ0n) is 6.55. The third kappa shape index (κ3) is 2.25. The van der Waals surface area contributed by atoms with E-state index in [0.717, 1.165) is 12.3 Å². The number of pyridine rings is 1. The molecule has 1 aromatic heterocycles. The fourth-order valence-electron chi connectivity index (χ4n) is 0.766. The third-order valence-corrected chi connectivity index (χ3v) is 2.55. The number of nitrogens with two attached hydrogens (primary N) is 1. The molecule has 1 heterocycles. The Hall–Kier alpha value is -1.06. The summed E-state index contributed by atoms with van der Waals surface area (Å²) in [6.45, 7) is 0. The molecule has 0 radical (unpaired) electrons. The second-order valence-electron chi connectivity index (χ2n) is 2.28. The molecular formula is C5H4BrN3O4S. The zero-order valence-corrected chi connectivity index (χ0v) is 8.95. The molecule has 0 aliphatic rings. The number of nitro groups is 1. The van der Waals surface area contributed by atoms with Crippen molar-refractivity contribution in [2.75, 3.05) is 0 Å². The summed E-state index contributed by atoms with van der Waals surface area (Å²) in [6.07, 6.45) is 1.12. The molecule has 1 rings (SSSR count). The Labute approximate surface area is 87.3 Å². The van der Waals surface area contributed by atoms with Crippen LogP contribution in [-0.4, -0.2) is 18.3 Å². The van der Waals surface area contributed by atoms with Crippen LogP contribution in [0.2, 0.25) is 0 Å². The highest BCUT2D eigenvalue weighted by atomic mass is 79.9. The molecule has 0 atom stereocenters. The van der Waals surface area contributed by atoms with E-state index in [4.69, 9.17) is 5.14 Å². The fourth-order valence-corrected chi connectivity index (χ4v) is 1.71. The lowest BCUT2D eigenvalue weighted by Crippen LogP contribution is -2.15. The predicted molar refractivity (Wildman–Crippen MR) is 50.0 cm³/mol.